The van der Waals surface area contributed by atoms with Crippen molar-refractivity contribution in [1.82, 2.24) is 10.6 Å². The fourth-order valence-electron chi connectivity index (χ4n) is 2.23. The molecule has 0 aromatic heterocycles. The fraction of sp³-hybridized carbons (Fsp3) is 0.278. The minimum absolute atomic E-state index is 0. The Bertz CT molecular complexity index is 924. The predicted octanol–water partition coefficient (Wildman–Crippen LogP) is 3.00. The highest BCUT2D eigenvalue weighted by Gasteiger charge is 2.12. The normalized spacial score (nSPS) is 11.5. The quantitative estimate of drug-likeness (QED) is 0.296. The van der Waals surface area contributed by atoms with E-state index in [1.807, 2.05) is 0 Å². The Hall–Kier alpha value is -1.95. The van der Waals surface area contributed by atoms with Crippen molar-refractivity contribution in [2.45, 2.75) is 13.5 Å². The van der Waals surface area contributed by atoms with Gasteiger partial charge in [0.15, 0.2) is 5.96 Å². The van der Waals surface area contributed by atoms with E-state index in [2.05, 4.69) is 20.3 Å². The van der Waals surface area contributed by atoms with Crippen LogP contribution in [0.3, 0.4) is 0 Å². The summed E-state index contributed by atoms with van der Waals surface area (Å²) in [7, 11) is -2.14. The van der Waals surface area contributed by atoms with Crippen LogP contribution < -0.4 is 15.4 Å². The number of halogens is 3. The number of benzene rings is 2. The van der Waals surface area contributed by atoms with Gasteiger partial charge in [-0.05, 0) is 30.7 Å². The van der Waals surface area contributed by atoms with E-state index in [1.54, 1.807) is 25.1 Å². The summed E-state index contributed by atoms with van der Waals surface area (Å²) in [6.07, 6.45) is 0. The van der Waals surface area contributed by atoms with Crippen LogP contribution in [0.2, 0.25) is 0 Å². The van der Waals surface area contributed by atoms with Crippen molar-refractivity contribution < 1.29 is 17.2 Å². The van der Waals surface area contributed by atoms with Gasteiger partial charge in [-0.15, -0.1) is 24.0 Å². The molecule has 2 rings (SSSR count). The Morgan fingerprint density at radius 3 is 2.43 bits per heavy atom. The number of hydrogen-bond acceptors (Lipinski definition) is 3. The predicted molar refractivity (Wildman–Crippen MR) is 119 cm³/mol. The number of hydrogen-bond donors (Lipinski definition) is 3. The molecule has 6 nitrogen and oxygen atoms in total. The second-order valence-corrected chi connectivity index (χ2v) is 7.67. The summed E-state index contributed by atoms with van der Waals surface area (Å²) in [4.78, 5) is 3.96. The van der Waals surface area contributed by atoms with E-state index in [0.717, 1.165) is 6.07 Å². The summed E-state index contributed by atoms with van der Waals surface area (Å²) in [6.45, 7) is 1.87. The molecule has 0 saturated carbocycles. The van der Waals surface area contributed by atoms with Crippen LogP contribution in [0.25, 0.3) is 0 Å². The van der Waals surface area contributed by atoms with Crippen molar-refractivity contribution >= 4 is 45.6 Å². The molecule has 2 aromatic carbocycles. The molecular formula is C18H23F2IN4O2S. The standard InChI is InChI=1S/C18H22F2N4O2S.HI/c1-13-7-8-15(11-17(13)20)24-27(25,26)10-9-22-18(21-2)23-12-14-5-3-4-6-16(14)19;/h3-8,11,24H,9-10,12H2,1-2H3,(H2,21,22,23);1H. The van der Waals surface area contributed by atoms with Gasteiger partial charge in [-0.1, -0.05) is 24.3 Å². The van der Waals surface area contributed by atoms with Gasteiger partial charge in [0.1, 0.15) is 11.6 Å². The molecule has 28 heavy (non-hydrogen) atoms. The minimum Gasteiger partial charge on any atom is -0.355 e. The maximum Gasteiger partial charge on any atom is 0.234 e. The van der Waals surface area contributed by atoms with Crippen molar-refractivity contribution in [3.05, 3.63) is 65.2 Å². The molecule has 3 N–H and O–H groups in total. The first-order chi connectivity index (χ1) is 12.8. The summed E-state index contributed by atoms with van der Waals surface area (Å²) in [5.41, 5.74) is 1.07. The van der Waals surface area contributed by atoms with Gasteiger partial charge >= 0.3 is 0 Å². The van der Waals surface area contributed by atoms with Crippen molar-refractivity contribution in [2.24, 2.45) is 4.99 Å². The Morgan fingerprint density at radius 1 is 1.07 bits per heavy atom. The zero-order chi connectivity index (χ0) is 19.9. The van der Waals surface area contributed by atoms with Crippen molar-refractivity contribution in [3.63, 3.8) is 0 Å². The summed E-state index contributed by atoms with van der Waals surface area (Å²) in [5, 5.41) is 5.75. The van der Waals surface area contributed by atoms with Crippen LogP contribution in [0.15, 0.2) is 47.5 Å². The van der Waals surface area contributed by atoms with Crippen LogP contribution in [0, 0.1) is 18.6 Å². The molecule has 0 amide bonds. The van der Waals surface area contributed by atoms with Gasteiger partial charge in [0, 0.05) is 25.7 Å². The molecule has 0 aliphatic heterocycles. The van der Waals surface area contributed by atoms with Gasteiger partial charge in [0.05, 0.1) is 11.4 Å². The van der Waals surface area contributed by atoms with Crippen molar-refractivity contribution in [1.29, 1.82) is 0 Å². The molecule has 154 valence electrons. The van der Waals surface area contributed by atoms with Gasteiger partial charge in [-0.25, -0.2) is 17.2 Å². The molecule has 0 fully saturated rings. The second-order valence-electron chi connectivity index (χ2n) is 5.83. The van der Waals surface area contributed by atoms with Crippen LogP contribution >= 0.6 is 24.0 Å². The molecule has 10 heteroatoms. The minimum atomic E-state index is -3.66. The highest BCUT2D eigenvalue weighted by atomic mass is 127. The number of rotatable bonds is 7. The molecule has 0 heterocycles. The largest absolute Gasteiger partial charge is 0.355 e. The molecule has 0 unspecified atom stereocenters. The summed E-state index contributed by atoms with van der Waals surface area (Å²) in [6, 6.07) is 10.5. The smallest absolute Gasteiger partial charge is 0.234 e. The van der Waals surface area contributed by atoms with Gasteiger partial charge in [0.2, 0.25) is 10.0 Å². The topological polar surface area (TPSA) is 82.6 Å². The van der Waals surface area contributed by atoms with Gasteiger partial charge < -0.3 is 10.6 Å². The summed E-state index contributed by atoms with van der Waals surface area (Å²) < 4.78 is 53.7. The number of anilines is 1. The van der Waals surface area contributed by atoms with E-state index in [-0.39, 0.29) is 54.3 Å². The number of nitrogens with zero attached hydrogens (tertiary/aromatic N) is 1. The number of sulfonamides is 1. The third-order valence-corrected chi connectivity index (χ3v) is 5.02. The molecule has 0 radical (unpaired) electrons. The first kappa shape index (κ1) is 24.1. The van der Waals surface area contributed by atoms with Crippen LogP contribution in [-0.2, 0) is 16.6 Å². The molecule has 0 aliphatic rings. The number of nitrogens with one attached hydrogen (secondary N) is 3. The van der Waals surface area contributed by atoms with Crippen molar-refractivity contribution in [3.8, 4) is 0 Å². The Kier molecular flexibility index (Phi) is 9.59. The SMILES string of the molecule is CN=C(NCCS(=O)(=O)Nc1ccc(C)c(F)c1)NCc1ccccc1F.I. The lowest BCUT2D eigenvalue weighted by Crippen LogP contribution is -2.39. The van der Waals surface area contributed by atoms with E-state index < -0.39 is 15.8 Å². The molecule has 0 spiro atoms. The molecule has 0 atom stereocenters. The van der Waals surface area contributed by atoms with Crippen LogP contribution in [0.1, 0.15) is 11.1 Å². The third kappa shape index (κ3) is 7.58. The molecule has 0 bridgehead atoms. The maximum atomic E-state index is 13.6. The lowest BCUT2D eigenvalue weighted by atomic mass is 10.2. The average molecular weight is 524 g/mol. The van der Waals surface area contributed by atoms with E-state index in [0.29, 0.717) is 17.1 Å². The number of aryl methyl sites for hydroxylation is 1. The summed E-state index contributed by atoms with van der Waals surface area (Å²) >= 11 is 0. The highest BCUT2D eigenvalue weighted by Crippen LogP contribution is 2.14. The fourth-order valence-corrected chi connectivity index (χ4v) is 3.19. The van der Waals surface area contributed by atoms with Crippen LogP contribution in [0.4, 0.5) is 14.5 Å². The lowest BCUT2D eigenvalue weighted by molar-refractivity contribution is 0.599. The second kappa shape index (κ2) is 11.1. The Morgan fingerprint density at radius 2 is 1.79 bits per heavy atom. The first-order valence-corrected chi connectivity index (χ1v) is 9.90. The van der Waals surface area contributed by atoms with E-state index >= 15 is 0 Å². The molecule has 0 aliphatic carbocycles. The van der Waals surface area contributed by atoms with Gasteiger partial charge in [0.25, 0.3) is 0 Å². The molecular weight excluding hydrogens is 501 g/mol. The van der Waals surface area contributed by atoms with Gasteiger partial charge in [-0.3, -0.25) is 9.71 Å². The molecule has 2 aromatic rings. The van der Waals surface area contributed by atoms with Crippen LogP contribution in [0.5, 0.6) is 0 Å². The van der Waals surface area contributed by atoms with E-state index in [9.17, 15) is 17.2 Å². The maximum absolute atomic E-state index is 13.6. The highest BCUT2D eigenvalue weighted by molar-refractivity contribution is 14.0. The van der Waals surface area contributed by atoms with E-state index in [1.165, 1.54) is 25.2 Å². The third-order valence-electron chi connectivity index (χ3n) is 3.74. The summed E-state index contributed by atoms with van der Waals surface area (Å²) in [5.74, 6) is -0.721. The van der Waals surface area contributed by atoms with E-state index in [4.69, 9.17) is 0 Å². The van der Waals surface area contributed by atoms with Gasteiger partial charge in [-0.2, -0.15) is 0 Å². The zero-order valence-corrected chi connectivity index (χ0v) is 18.6. The first-order valence-electron chi connectivity index (χ1n) is 8.25. The van der Waals surface area contributed by atoms with Crippen molar-refractivity contribution in [2.75, 3.05) is 24.1 Å². The zero-order valence-electron chi connectivity index (χ0n) is 15.5. The Labute approximate surface area is 180 Å². The monoisotopic (exact) mass is 524 g/mol. The average Bonchev–Trinajstić information content (AvgIpc) is 2.62. The number of aliphatic imine (C=N–C) groups is 1. The van der Waals surface area contributed by atoms with Crippen LogP contribution in [-0.4, -0.2) is 33.7 Å². The Balaban J connectivity index is 0.00000392. The molecule has 0 saturated heterocycles. The lowest BCUT2D eigenvalue weighted by Gasteiger charge is -2.13. The number of guanidine groups is 1.